The summed E-state index contributed by atoms with van der Waals surface area (Å²) in [6.07, 6.45) is 0. The predicted octanol–water partition coefficient (Wildman–Crippen LogP) is 3.63. The van der Waals surface area contributed by atoms with Gasteiger partial charge >= 0.3 is 0 Å². The molecule has 0 radical (unpaired) electrons. The Morgan fingerprint density at radius 1 is 1.16 bits per heavy atom. The van der Waals surface area contributed by atoms with Crippen LogP contribution in [-0.4, -0.2) is 36.2 Å². The van der Waals surface area contributed by atoms with Crippen molar-refractivity contribution in [1.82, 2.24) is 10.1 Å². The summed E-state index contributed by atoms with van der Waals surface area (Å²) in [7, 11) is 1.66. The number of amides is 1. The van der Waals surface area contributed by atoms with Crippen LogP contribution in [0.15, 0.2) is 65.2 Å². The molecule has 1 amide bonds. The number of hydrogen-bond donors (Lipinski definition) is 0. The van der Waals surface area contributed by atoms with Crippen LogP contribution in [0.4, 0.5) is 4.39 Å². The standard InChI is InChI=1S/C19H17FN2O3/c1-22(11-12-24-16-9-7-15(20)8-10-16)19(23)17-13-18(25-21-17)14-5-3-2-4-6-14/h2-10,13H,11-12H2,1H3. The number of ether oxygens (including phenoxy) is 1. The van der Waals surface area contributed by atoms with Gasteiger partial charge in [-0.05, 0) is 24.3 Å². The Bertz CT molecular complexity index is 831. The molecule has 0 aliphatic rings. The highest BCUT2D eigenvalue weighted by Gasteiger charge is 2.17. The molecule has 3 aromatic rings. The first-order chi connectivity index (χ1) is 12.1. The van der Waals surface area contributed by atoms with E-state index in [0.717, 1.165) is 5.56 Å². The van der Waals surface area contributed by atoms with Gasteiger partial charge in [0, 0.05) is 18.7 Å². The van der Waals surface area contributed by atoms with E-state index in [9.17, 15) is 9.18 Å². The molecule has 0 saturated carbocycles. The molecule has 0 fully saturated rings. The van der Waals surface area contributed by atoms with Crippen molar-refractivity contribution in [1.29, 1.82) is 0 Å². The molecule has 1 heterocycles. The second kappa shape index (κ2) is 7.61. The molecule has 25 heavy (non-hydrogen) atoms. The minimum Gasteiger partial charge on any atom is -0.492 e. The highest BCUT2D eigenvalue weighted by Crippen LogP contribution is 2.20. The van der Waals surface area contributed by atoms with Crippen LogP contribution in [0.2, 0.25) is 0 Å². The minimum atomic E-state index is -0.320. The summed E-state index contributed by atoms with van der Waals surface area (Å²) >= 11 is 0. The maximum atomic E-state index is 12.8. The van der Waals surface area contributed by atoms with Crippen LogP contribution in [0.3, 0.4) is 0 Å². The van der Waals surface area contributed by atoms with E-state index < -0.39 is 0 Å². The zero-order valence-electron chi connectivity index (χ0n) is 13.7. The lowest BCUT2D eigenvalue weighted by Crippen LogP contribution is -2.31. The fourth-order valence-corrected chi connectivity index (χ4v) is 2.24. The van der Waals surface area contributed by atoms with Gasteiger partial charge in [-0.1, -0.05) is 35.5 Å². The average Bonchev–Trinajstić information content (AvgIpc) is 3.13. The number of nitrogens with zero attached hydrogens (tertiary/aromatic N) is 2. The summed E-state index contributed by atoms with van der Waals surface area (Å²) in [4.78, 5) is 13.9. The maximum absolute atomic E-state index is 12.8. The van der Waals surface area contributed by atoms with Gasteiger partial charge in [0.15, 0.2) is 11.5 Å². The Morgan fingerprint density at radius 3 is 2.60 bits per heavy atom. The maximum Gasteiger partial charge on any atom is 0.275 e. The molecule has 2 aromatic carbocycles. The monoisotopic (exact) mass is 340 g/mol. The minimum absolute atomic E-state index is 0.239. The van der Waals surface area contributed by atoms with Crippen molar-refractivity contribution in [3.05, 3.63) is 72.2 Å². The van der Waals surface area contributed by atoms with Crippen LogP contribution in [0.1, 0.15) is 10.5 Å². The number of hydrogen-bond acceptors (Lipinski definition) is 4. The molecule has 0 bridgehead atoms. The van der Waals surface area contributed by atoms with Crippen molar-refractivity contribution in [3.63, 3.8) is 0 Å². The van der Waals surface area contributed by atoms with E-state index in [0.29, 0.717) is 18.1 Å². The van der Waals surface area contributed by atoms with E-state index in [1.54, 1.807) is 25.2 Å². The van der Waals surface area contributed by atoms with Gasteiger partial charge in [-0.3, -0.25) is 4.79 Å². The van der Waals surface area contributed by atoms with Gasteiger partial charge in [-0.2, -0.15) is 0 Å². The topological polar surface area (TPSA) is 55.6 Å². The summed E-state index contributed by atoms with van der Waals surface area (Å²) in [6.45, 7) is 0.654. The largest absolute Gasteiger partial charge is 0.492 e. The Balaban J connectivity index is 1.55. The normalized spacial score (nSPS) is 10.5. The molecule has 0 N–H and O–H groups in total. The third-order valence-corrected chi connectivity index (χ3v) is 3.64. The van der Waals surface area contributed by atoms with Crippen LogP contribution in [0, 0.1) is 5.82 Å². The number of rotatable bonds is 6. The third kappa shape index (κ3) is 4.23. The van der Waals surface area contributed by atoms with Crippen LogP contribution in [0.25, 0.3) is 11.3 Å². The highest BCUT2D eigenvalue weighted by molar-refractivity contribution is 5.92. The fourth-order valence-electron chi connectivity index (χ4n) is 2.24. The zero-order valence-corrected chi connectivity index (χ0v) is 13.7. The second-order valence-electron chi connectivity index (χ2n) is 5.47. The van der Waals surface area contributed by atoms with E-state index in [1.165, 1.54) is 17.0 Å². The Hall–Kier alpha value is -3.15. The lowest BCUT2D eigenvalue weighted by molar-refractivity contribution is 0.0763. The van der Waals surface area contributed by atoms with Crippen molar-refractivity contribution in [3.8, 4) is 17.1 Å². The van der Waals surface area contributed by atoms with Gasteiger partial charge in [-0.25, -0.2) is 4.39 Å². The number of likely N-dealkylation sites (N-methyl/N-ethyl adjacent to an activating group) is 1. The van der Waals surface area contributed by atoms with E-state index in [1.807, 2.05) is 30.3 Å². The molecule has 0 saturated heterocycles. The molecule has 0 spiro atoms. The van der Waals surface area contributed by atoms with Gasteiger partial charge < -0.3 is 14.2 Å². The number of benzene rings is 2. The van der Waals surface area contributed by atoms with E-state index >= 15 is 0 Å². The SMILES string of the molecule is CN(CCOc1ccc(F)cc1)C(=O)c1cc(-c2ccccc2)on1. The molecule has 6 heteroatoms. The Kier molecular flexibility index (Phi) is 5.09. The molecule has 5 nitrogen and oxygen atoms in total. The van der Waals surface area contributed by atoms with E-state index in [2.05, 4.69) is 5.16 Å². The zero-order chi connectivity index (χ0) is 17.6. The quantitative estimate of drug-likeness (QED) is 0.687. The van der Waals surface area contributed by atoms with Crippen LogP contribution >= 0.6 is 0 Å². The lowest BCUT2D eigenvalue weighted by Gasteiger charge is -2.15. The predicted molar refractivity (Wildman–Crippen MR) is 90.8 cm³/mol. The van der Waals surface area contributed by atoms with Crippen molar-refractivity contribution >= 4 is 5.91 Å². The third-order valence-electron chi connectivity index (χ3n) is 3.64. The summed E-state index contributed by atoms with van der Waals surface area (Å²) in [6, 6.07) is 16.8. The molecular weight excluding hydrogens is 323 g/mol. The summed E-state index contributed by atoms with van der Waals surface area (Å²) in [5.74, 6) is 0.517. The van der Waals surface area contributed by atoms with Gasteiger partial charge in [0.05, 0.1) is 6.54 Å². The first-order valence-electron chi connectivity index (χ1n) is 7.79. The number of carbonyl (C=O) groups is 1. The van der Waals surface area contributed by atoms with Crippen molar-refractivity contribution in [2.75, 3.05) is 20.2 Å². The highest BCUT2D eigenvalue weighted by atomic mass is 19.1. The smallest absolute Gasteiger partial charge is 0.275 e. The van der Waals surface area contributed by atoms with Crippen LogP contribution < -0.4 is 4.74 Å². The summed E-state index contributed by atoms with van der Waals surface area (Å²) in [5, 5.41) is 3.84. The Labute approximate surface area is 144 Å². The van der Waals surface area contributed by atoms with Crippen molar-refractivity contribution < 1.29 is 18.4 Å². The average molecular weight is 340 g/mol. The summed E-state index contributed by atoms with van der Waals surface area (Å²) in [5.41, 5.74) is 1.10. The molecule has 0 aliphatic heterocycles. The van der Waals surface area contributed by atoms with E-state index in [-0.39, 0.29) is 24.0 Å². The van der Waals surface area contributed by atoms with Gasteiger partial charge in [0.2, 0.25) is 0 Å². The fraction of sp³-hybridized carbons (Fsp3) is 0.158. The molecule has 0 unspecified atom stereocenters. The van der Waals surface area contributed by atoms with Gasteiger partial charge in [-0.15, -0.1) is 0 Å². The number of halogens is 1. The molecule has 3 rings (SSSR count). The lowest BCUT2D eigenvalue weighted by atomic mass is 10.1. The Morgan fingerprint density at radius 2 is 1.88 bits per heavy atom. The van der Waals surface area contributed by atoms with Crippen molar-refractivity contribution in [2.24, 2.45) is 0 Å². The number of aromatic nitrogens is 1. The number of carbonyl (C=O) groups excluding carboxylic acids is 1. The summed E-state index contributed by atoms with van der Waals surface area (Å²) < 4.78 is 23.6. The van der Waals surface area contributed by atoms with Crippen LogP contribution in [-0.2, 0) is 0 Å². The first kappa shape index (κ1) is 16.7. The molecule has 128 valence electrons. The molecule has 0 aliphatic carbocycles. The van der Waals surface area contributed by atoms with Crippen molar-refractivity contribution in [2.45, 2.75) is 0 Å². The molecule has 0 atom stereocenters. The molecular formula is C19H17FN2O3. The van der Waals surface area contributed by atoms with E-state index in [4.69, 9.17) is 9.26 Å². The van der Waals surface area contributed by atoms with Crippen LogP contribution in [0.5, 0.6) is 5.75 Å². The second-order valence-corrected chi connectivity index (χ2v) is 5.47. The van der Waals surface area contributed by atoms with Gasteiger partial charge in [0.1, 0.15) is 18.2 Å². The first-order valence-corrected chi connectivity index (χ1v) is 7.79. The van der Waals surface area contributed by atoms with Gasteiger partial charge in [0.25, 0.3) is 5.91 Å². The molecule has 1 aromatic heterocycles.